The molecule has 6 nitrogen and oxygen atoms in total. The van der Waals surface area contributed by atoms with Crippen molar-refractivity contribution in [3.63, 3.8) is 0 Å². The number of benzene rings is 2. The van der Waals surface area contributed by atoms with Gasteiger partial charge >= 0.3 is 0 Å². The van der Waals surface area contributed by atoms with Crippen LogP contribution in [0.4, 0.5) is 5.13 Å². The Morgan fingerprint density at radius 1 is 1.03 bits per heavy atom. The molecule has 1 amide bonds. The SMILES string of the molecule is COc1ccc(SCC(=O)N(Cc2ccccn2)c2nc3ccc(OC)cc3s2)cc1. The van der Waals surface area contributed by atoms with Crippen LogP contribution in [0.25, 0.3) is 10.2 Å². The Labute approximate surface area is 188 Å². The summed E-state index contributed by atoms with van der Waals surface area (Å²) >= 11 is 2.95. The van der Waals surface area contributed by atoms with E-state index in [1.165, 1.54) is 23.1 Å². The number of anilines is 1. The summed E-state index contributed by atoms with van der Waals surface area (Å²) < 4.78 is 11.5. The molecule has 2 aromatic carbocycles. The normalized spacial score (nSPS) is 10.8. The number of hydrogen-bond acceptors (Lipinski definition) is 7. The number of ether oxygens (including phenoxy) is 2. The van der Waals surface area contributed by atoms with Crippen molar-refractivity contribution < 1.29 is 14.3 Å². The molecule has 2 heterocycles. The first-order valence-corrected chi connectivity index (χ1v) is 11.4. The fraction of sp³-hybridized carbons (Fsp3) is 0.174. The second kappa shape index (κ2) is 9.80. The van der Waals surface area contributed by atoms with Gasteiger partial charge in [-0.1, -0.05) is 17.4 Å². The van der Waals surface area contributed by atoms with E-state index in [4.69, 9.17) is 14.5 Å². The summed E-state index contributed by atoms with van der Waals surface area (Å²) in [5.41, 5.74) is 1.64. The molecule has 0 unspecified atom stereocenters. The molecule has 0 aliphatic rings. The molecule has 158 valence electrons. The first kappa shape index (κ1) is 21.1. The Kier molecular flexibility index (Phi) is 6.69. The van der Waals surface area contributed by atoms with Gasteiger partial charge in [0.05, 0.1) is 42.4 Å². The maximum atomic E-state index is 13.2. The number of rotatable bonds is 8. The van der Waals surface area contributed by atoms with Crippen LogP contribution in [0.15, 0.2) is 71.8 Å². The van der Waals surface area contributed by atoms with Crippen molar-refractivity contribution in [1.82, 2.24) is 9.97 Å². The van der Waals surface area contributed by atoms with Crippen LogP contribution >= 0.6 is 23.1 Å². The van der Waals surface area contributed by atoms with Crippen molar-refractivity contribution in [2.75, 3.05) is 24.9 Å². The number of carbonyl (C=O) groups excluding carboxylic acids is 1. The number of nitrogens with zero attached hydrogens (tertiary/aromatic N) is 3. The topological polar surface area (TPSA) is 64.5 Å². The Hall–Kier alpha value is -3.10. The van der Waals surface area contributed by atoms with Crippen molar-refractivity contribution in [3.8, 4) is 11.5 Å². The zero-order chi connectivity index (χ0) is 21.6. The van der Waals surface area contributed by atoms with Crippen molar-refractivity contribution in [2.24, 2.45) is 0 Å². The molecule has 0 N–H and O–H groups in total. The fourth-order valence-corrected chi connectivity index (χ4v) is 4.73. The van der Waals surface area contributed by atoms with Gasteiger partial charge < -0.3 is 9.47 Å². The van der Waals surface area contributed by atoms with Crippen molar-refractivity contribution >= 4 is 44.4 Å². The molecule has 4 rings (SSSR count). The zero-order valence-corrected chi connectivity index (χ0v) is 18.8. The summed E-state index contributed by atoms with van der Waals surface area (Å²) in [7, 11) is 3.27. The van der Waals surface area contributed by atoms with E-state index in [9.17, 15) is 4.79 Å². The summed E-state index contributed by atoms with van der Waals surface area (Å²) in [4.78, 5) is 25.0. The molecule has 2 aromatic heterocycles. The standard InChI is InChI=1S/C23H21N3O3S2/c1-28-17-6-9-19(10-7-17)30-15-22(27)26(14-16-5-3-4-12-24-16)23-25-20-11-8-18(29-2)13-21(20)31-23/h3-13H,14-15H2,1-2H3. The molecule has 0 radical (unpaired) electrons. The molecule has 0 fully saturated rings. The predicted molar refractivity (Wildman–Crippen MR) is 125 cm³/mol. The van der Waals surface area contributed by atoms with Gasteiger partial charge in [0.2, 0.25) is 5.91 Å². The monoisotopic (exact) mass is 451 g/mol. The van der Waals surface area contributed by atoms with Gasteiger partial charge in [-0.05, 0) is 54.6 Å². The van der Waals surface area contributed by atoms with E-state index in [0.717, 1.165) is 32.3 Å². The van der Waals surface area contributed by atoms with Crippen LogP contribution in [0.3, 0.4) is 0 Å². The Morgan fingerprint density at radius 2 is 1.81 bits per heavy atom. The molecule has 0 aliphatic carbocycles. The number of carbonyl (C=O) groups is 1. The third-order valence-electron chi connectivity index (χ3n) is 4.58. The minimum absolute atomic E-state index is 0.0301. The molecule has 4 aromatic rings. The fourth-order valence-electron chi connectivity index (χ4n) is 2.95. The number of hydrogen-bond donors (Lipinski definition) is 0. The minimum atomic E-state index is -0.0301. The summed E-state index contributed by atoms with van der Waals surface area (Å²) in [6, 6.07) is 19.1. The van der Waals surface area contributed by atoms with E-state index < -0.39 is 0 Å². The quantitative estimate of drug-likeness (QED) is 0.350. The maximum absolute atomic E-state index is 13.2. The number of aromatic nitrogens is 2. The summed E-state index contributed by atoms with van der Waals surface area (Å²) in [5.74, 6) is 1.81. The van der Waals surface area contributed by atoms with Gasteiger partial charge in [0.1, 0.15) is 11.5 Å². The zero-order valence-electron chi connectivity index (χ0n) is 17.1. The largest absolute Gasteiger partial charge is 0.497 e. The first-order valence-electron chi connectivity index (χ1n) is 9.58. The minimum Gasteiger partial charge on any atom is -0.497 e. The first-order chi connectivity index (χ1) is 15.2. The number of methoxy groups -OCH3 is 2. The molecule has 0 saturated carbocycles. The van der Waals surface area contributed by atoms with Gasteiger partial charge in [-0.25, -0.2) is 4.98 Å². The van der Waals surface area contributed by atoms with Crippen molar-refractivity contribution in [2.45, 2.75) is 11.4 Å². The highest BCUT2D eigenvalue weighted by atomic mass is 32.2. The third kappa shape index (κ3) is 5.15. The van der Waals surface area contributed by atoms with Gasteiger partial charge in [-0.15, -0.1) is 11.8 Å². The van der Waals surface area contributed by atoms with E-state index in [-0.39, 0.29) is 5.91 Å². The van der Waals surface area contributed by atoms with Gasteiger partial charge in [-0.2, -0.15) is 0 Å². The van der Waals surface area contributed by atoms with Crippen LogP contribution in [0.1, 0.15) is 5.69 Å². The molecular formula is C23H21N3O3S2. The predicted octanol–water partition coefficient (Wildman–Crippen LogP) is 5.03. The molecule has 0 atom stereocenters. The Balaban J connectivity index is 1.58. The molecule has 0 spiro atoms. The third-order valence-corrected chi connectivity index (χ3v) is 6.62. The smallest absolute Gasteiger partial charge is 0.239 e. The highest BCUT2D eigenvalue weighted by Gasteiger charge is 2.21. The molecular weight excluding hydrogens is 430 g/mol. The number of thioether (sulfide) groups is 1. The van der Waals surface area contributed by atoms with E-state index in [1.54, 1.807) is 25.3 Å². The van der Waals surface area contributed by atoms with Crippen molar-refractivity contribution in [3.05, 3.63) is 72.6 Å². The van der Waals surface area contributed by atoms with Crippen LogP contribution in [0.2, 0.25) is 0 Å². The second-order valence-electron chi connectivity index (χ2n) is 6.60. The van der Waals surface area contributed by atoms with E-state index in [1.807, 2.05) is 60.7 Å². The summed E-state index contributed by atoms with van der Waals surface area (Å²) in [6.45, 7) is 0.361. The van der Waals surface area contributed by atoms with E-state index in [0.29, 0.717) is 17.4 Å². The molecule has 31 heavy (non-hydrogen) atoms. The van der Waals surface area contributed by atoms with Crippen LogP contribution in [0.5, 0.6) is 11.5 Å². The highest BCUT2D eigenvalue weighted by molar-refractivity contribution is 8.00. The Morgan fingerprint density at radius 3 is 2.52 bits per heavy atom. The number of amides is 1. The highest BCUT2D eigenvalue weighted by Crippen LogP contribution is 2.33. The van der Waals surface area contributed by atoms with Gasteiger partial charge in [0.25, 0.3) is 0 Å². The lowest BCUT2D eigenvalue weighted by atomic mass is 10.3. The second-order valence-corrected chi connectivity index (χ2v) is 8.65. The molecule has 0 bridgehead atoms. The van der Waals surface area contributed by atoms with Crippen LogP contribution < -0.4 is 14.4 Å². The van der Waals surface area contributed by atoms with Gasteiger partial charge in [-0.3, -0.25) is 14.7 Å². The van der Waals surface area contributed by atoms with Crippen LogP contribution in [-0.2, 0) is 11.3 Å². The number of thiazole rings is 1. The molecule has 0 saturated heterocycles. The van der Waals surface area contributed by atoms with Gasteiger partial charge in [0.15, 0.2) is 5.13 Å². The van der Waals surface area contributed by atoms with Crippen LogP contribution in [-0.4, -0.2) is 35.8 Å². The van der Waals surface area contributed by atoms with Crippen molar-refractivity contribution in [1.29, 1.82) is 0 Å². The van der Waals surface area contributed by atoms with Gasteiger partial charge in [0, 0.05) is 11.1 Å². The lowest BCUT2D eigenvalue weighted by molar-refractivity contribution is -0.116. The Bertz CT molecular complexity index is 1160. The lowest BCUT2D eigenvalue weighted by Crippen LogP contribution is -2.32. The van der Waals surface area contributed by atoms with E-state index in [2.05, 4.69) is 4.98 Å². The molecule has 8 heteroatoms. The average molecular weight is 452 g/mol. The number of pyridine rings is 1. The summed E-state index contributed by atoms with van der Waals surface area (Å²) in [5, 5.41) is 0.647. The molecule has 0 aliphatic heterocycles. The number of fused-ring (bicyclic) bond motifs is 1. The average Bonchev–Trinajstić information content (AvgIpc) is 3.25. The maximum Gasteiger partial charge on any atom is 0.239 e. The van der Waals surface area contributed by atoms with E-state index >= 15 is 0 Å². The van der Waals surface area contributed by atoms with Crippen LogP contribution in [0, 0.1) is 0 Å². The summed E-state index contributed by atoms with van der Waals surface area (Å²) in [6.07, 6.45) is 1.73. The lowest BCUT2D eigenvalue weighted by Gasteiger charge is -2.19.